The second-order valence-electron chi connectivity index (χ2n) is 9.41. The standard InChI is InChI=1S/C27H32N6O4S2/c1-39(36,37)32-24(23(19-9-4-2-5-10-19)20-11-6-3-7-12-20)27(35)33-14-8-13-21(33)26(34)30-16-18-15-22(38-17-18)25(28)31-29/h2-7,9-12,15,17,21,23-24,32H,8,13-14,16,29H2,1H3,(H2,28,31)(H,30,34)/t21-,24+/m0/s1. The molecule has 2 heterocycles. The third-order valence-corrected chi connectivity index (χ3v) is 8.29. The first-order valence-corrected chi connectivity index (χ1v) is 15.2. The van der Waals surface area contributed by atoms with E-state index < -0.39 is 33.9 Å². The summed E-state index contributed by atoms with van der Waals surface area (Å²) in [4.78, 5) is 29.5. The zero-order valence-electron chi connectivity index (χ0n) is 21.5. The van der Waals surface area contributed by atoms with Crippen LogP contribution in [0.25, 0.3) is 0 Å². The van der Waals surface area contributed by atoms with E-state index in [9.17, 15) is 18.0 Å². The molecule has 3 aromatic rings. The lowest BCUT2D eigenvalue weighted by molar-refractivity contribution is -0.140. The highest BCUT2D eigenvalue weighted by molar-refractivity contribution is 7.88. The van der Waals surface area contributed by atoms with Crippen molar-refractivity contribution in [3.8, 4) is 0 Å². The van der Waals surface area contributed by atoms with E-state index in [-0.39, 0.29) is 18.3 Å². The van der Waals surface area contributed by atoms with Gasteiger partial charge in [-0.15, -0.1) is 11.3 Å². The number of carbonyl (C=O) groups excluding carboxylic acids is 2. The number of carbonyl (C=O) groups is 2. The fraction of sp³-hybridized carbons (Fsp3) is 0.296. The van der Waals surface area contributed by atoms with Crippen LogP contribution in [0.4, 0.5) is 0 Å². The Bertz CT molecular complexity index is 1390. The molecule has 2 amide bonds. The summed E-state index contributed by atoms with van der Waals surface area (Å²) in [6.07, 6.45) is 2.14. The number of hydrogen-bond acceptors (Lipinski definition) is 7. The van der Waals surface area contributed by atoms with Crippen LogP contribution in [0.15, 0.2) is 77.2 Å². The summed E-state index contributed by atoms with van der Waals surface area (Å²) >= 11 is 1.36. The number of nitrogens with one attached hydrogen (secondary N) is 2. The van der Waals surface area contributed by atoms with Crippen molar-refractivity contribution in [3.05, 3.63) is 93.7 Å². The quantitative estimate of drug-likeness (QED) is 0.126. The van der Waals surface area contributed by atoms with Crippen LogP contribution in [-0.2, 0) is 26.2 Å². The predicted molar refractivity (Wildman–Crippen MR) is 152 cm³/mol. The van der Waals surface area contributed by atoms with Gasteiger partial charge in [-0.1, -0.05) is 60.7 Å². The van der Waals surface area contributed by atoms with Crippen LogP contribution in [0.1, 0.15) is 40.3 Å². The van der Waals surface area contributed by atoms with Crippen molar-refractivity contribution in [1.29, 1.82) is 0 Å². The highest BCUT2D eigenvalue weighted by Gasteiger charge is 2.41. The van der Waals surface area contributed by atoms with E-state index in [4.69, 9.17) is 11.6 Å². The number of nitrogens with zero attached hydrogens (tertiary/aromatic N) is 2. The van der Waals surface area contributed by atoms with E-state index in [1.165, 1.54) is 16.2 Å². The molecule has 12 heteroatoms. The topological polar surface area (TPSA) is 160 Å². The third kappa shape index (κ3) is 7.02. The van der Waals surface area contributed by atoms with Gasteiger partial charge in [-0.2, -0.15) is 5.10 Å². The van der Waals surface area contributed by atoms with E-state index in [0.717, 1.165) is 22.9 Å². The van der Waals surface area contributed by atoms with Gasteiger partial charge >= 0.3 is 0 Å². The largest absolute Gasteiger partial charge is 0.381 e. The first-order valence-electron chi connectivity index (χ1n) is 12.4. The van der Waals surface area contributed by atoms with Crippen molar-refractivity contribution in [1.82, 2.24) is 14.9 Å². The molecule has 0 spiro atoms. The Labute approximate surface area is 232 Å². The fourth-order valence-electron chi connectivity index (χ4n) is 4.84. The molecule has 0 saturated carbocycles. The number of amidine groups is 1. The van der Waals surface area contributed by atoms with Gasteiger partial charge in [0.1, 0.15) is 12.1 Å². The Morgan fingerprint density at radius 1 is 1.10 bits per heavy atom. The second kappa shape index (κ2) is 12.4. The Balaban J connectivity index is 1.59. The molecule has 1 aliphatic heterocycles. The van der Waals surface area contributed by atoms with Crippen LogP contribution in [0.3, 0.4) is 0 Å². The molecule has 4 rings (SSSR count). The van der Waals surface area contributed by atoms with Gasteiger partial charge in [0.15, 0.2) is 5.84 Å². The number of sulfonamides is 1. The lowest BCUT2D eigenvalue weighted by atomic mass is 9.84. The van der Waals surface area contributed by atoms with Crippen LogP contribution in [-0.4, -0.2) is 55.9 Å². The van der Waals surface area contributed by atoms with Gasteiger partial charge in [0, 0.05) is 19.0 Å². The number of benzene rings is 2. The SMILES string of the molecule is CS(=O)(=O)N[C@@H](C(=O)N1CCC[C@H]1C(=O)NCc1csc(C(N)=NN)c1)C(c1ccccc1)c1ccccc1. The average molecular weight is 569 g/mol. The lowest BCUT2D eigenvalue weighted by Crippen LogP contribution is -2.55. The lowest BCUT2D eigenvalue weighted by Gasteiger charge is -2.33. The Kier molecular flexibility index (Phi) is 9.00. The highest BCUT2D eigenvalue weighted by Crippen LogP contribution is 2.31. The van der Waals surface area contributed by atoms with Crippen molar-refractivity contribution in [2.75, 3.05) is 12.8 Å². The molecule has 0 bridgehead atoms. The van der Waals surface area contributed by atoms with E-state index in [2.05, 4.69) is 15.1 Å². The summed E-state index contributed by atoms with van der Waals surface area (Å²) in [6, 6.07) is 18.5. The number of amides is 2. The number of rotatable bonds is 10. The molecular formula is C27H32N6O4S2. The Morgan fingerprint density at radius 2 is 1.72 bits per heavy atom. The van der Waals surface area contributed by atoms with Crippen molar-refractivity contribution in [2.24, 2.45) is 16.7 Å². The molecule has 1 aromatic heterocycles. The molecule has 206 valence electrons. The van der Waals surface area contributed by atoms with Gasteiger partial charge < -0.3 is 21.8 Å². The molecule has 10 nitrogen and oxygen atoms in total. The highest BCUT2D eigenvalue weighted by atomic mass is 32.2. The number of likely N-dealkylation sites (tertiary alicyclic amines) is 1. The molecule has 6 N–H and O–H groups in total. The molecule has 2 atom stereocenters. The maximum absolute atomic E-state index is 14.1. The fourth-order valence-corrected chi connectivity index (χ4v) is 6.37. The maximum atomic E-state index is 14.1. The number of hydrogen-bond donors (Lipinski definition) is 4. The summed E-state index contributed by atoms with van der Waals surface area (Å²) in [5, 5.41) is 8.23. The van der Waals surface area contributed by atoms with Crippen LogP contribution in [0.2, 0.25) is 0 Å². The molecule has 1 aliphatic rings. The minimum Gasteiger partial charge on any atom is -0.381 e. The number of hydrazone groups is 1. The van der Waals surface area contributed by atoms with Crippen LogP contribution < -0.4 is 21.6 Å². The summed E-state index contributed by atoms with van der Waals surface area (Å²) in [5.41, 5.74) is 8.15. The van der Waals surface area contributed by atoms with Crippen LogP contribution >= 0.6 is 11.3 Å². The monoisotopic (exact) mass is 568 g/mol. The van der Waals surface area contributed by atoms with E-state index in [0.29, 0.717) is 24.3 Å². The average Bonchev–Trinajstić information content (AvgIpc) is 3.61. The van der Waals surface area contributed by atoms with Crippen molar-refractivity contribution in [3.63, 3.8) is 0 Å². The zero-order valence-corrected chi connectivity index (χ0v) is 23.1. The normalized spacial score (nSPS) is 16.8. The predicted octanol–water partition coefficient (Wildman–Crippen LogP) is 1.68. The minimum atomic E-state index is -3.78. The van der Waals surface area contributed by atoms with Crippen molar-refractivity contribution >= 4 is 39.0 Å². The summed E-state index contributed by atoms with van der Waals surface area (Å²) in [5.74, 6) is 4.10. The third-order valence-electron chi connectivity index (χ3n) is 6.61. The van der Waals surface area contributed by atoms with E-state index >= 15 is 0 Å². The molecule has 0 unspecified atom stereocenters. The molecular weight excluding hydrogens is 536 g/mol. The molecule has 39 heavy (non-hydrogen) atoms. The van der Waals surface area contributed by atoms with Crippen LogP contribution in [0, 0.1) is 0 Å². The Hall–Kier alpha value is -3.74. The minimum absolute atomic E-state index is 0.209. The smallest absolute Gasteiger partial charge is 0.243 e. The number of nitrogens with two attached hydrogens (primary N) is 2. The van der Waals surface area contributed by atoms with Gasteiger partial charge in [0.05, 0.1) is 11.1 Å². The summed E-state index contributed by atoms with van der Waals surface area (Å²) in [6.45, 7) is 0.592. The van der Waals surface area contributed by atoms with Crippen molar-refractivity contribution in [2.45, 2.75) is 37.4 Å². The van der Waals surface area contributed by atoms with Gasteiger partial charge in [0.25, 0.3) is 0 Å². The van der Waals surface area contributed by atoms with Gasteiger partial charge in [-0.3, -0.25) is 9.59 Å². The van der Waals surface area contributed by atoms with E-state index in [1.54, 1.807) is 6.07 Å². The zero-order chi connectivity index (χ0) is 28.0. The second-order valence-corrected chi connectivity index (χ2v) is 12.1. The summed E-state index contributed by atoms with van der Waals surface area (Å²) in [7, 11) is -3.78. The first kappa shape index (κ1) is 28.3. The molecule has 1 saturated heterocycles. The molecule has 0 aliphatic carbocycles. The van der Waals surface area contributed by atoms with Gasteiger partial charge in [0.2, 0.25) is 21.8 Å². The van der Waals surface area contributed by atoms with E-state index in [1.807, 2.05) is 66.0 Å². The molecule has 0 radical (unpaired) electrons. The van der Waals surface area contributed by atoms with Gasteiger partial charge in [-0.05, 0) is 41.0 Å². The molecule has 1 fully saturated rings. The number of thiophene rings is 1. The first-order chi connectivity index (χ1) is 18.7. The van der Waals surface area contributed by atoms with Crippen LogP contribution in [0.5, 0.6) is 0 Å². The molecule has 2 aromatic carbocycles. The van der Waals surface area contributed by atoms with Gasteiger partial charge in [-0.25, -0.2) is 13.1 Å². The van der Waals surface area contributed by atoms with Crippen molar-refractivity contribution < 1.29 is 18.0 Å². The summed E-state index contributed by atoms with van der Waals surface area (Å²) < 4.78 is 27.6. The Morgan fingerprint density at radius 3 is 2.28 bits per heavy atom. The maximum Gasteiger partial charge on any atom is 0.243 e.